The number of nitrogens with two attached hydrogens (primary N) is 1. The van der Waals surface area contributed by atoms with Crippen molar-refractivity contribution < 1.29 is 23.5 Å². The summed E-state index contributed by atoms with van der Waals surface area (Å²) in [6.07, 6.45) is 2.54. The monoisotopic (exact) mass is 322 g/mol. The highest BCUT2D eigenvalue weighted by molar-refractivity contribution is 5.88. The minimum Gasteiger partial charge on any atom is -0.463 e. The lowest BCUT2D eigenvalue weighted by Crippen LogP contribution is -2.44. The van der Waals surface area contributed by atoms with E-state index in [0.29, 0.717) is 5.56 Å². The Morgan fingerprint density at radius 1 is 1.39 bits per heavy atom. The predicted octanol–water partition coefficient (Wildman–Crippen LogP) is 0.848. The molecule has 0 bridgehead atoms. The number of hydrogen-bond donors (Lipinski definition) is 2. The van der Waals surface area contributed by atoms with Crippen molar-refractivity contribution in [2.45, 2.75) is 25.8 Å². The molecular weight excluding hydrogens is 303 g/mol. The first-order chi connectivity index (χ1) is 10.9. The smallest absolute Gasteiger partial charge is 0.330 e. The Hall–Kier alpha value is -2.70. The topological polar surface area (TPSA) is 98.5 Å². The minimum absolute atomic E-state index is 0.0586. The first-order valence-electron chi connectivity index (χ1n) is 7.08. The van der Waals surface area contributed by atoms with E-state index >= 15 is 0 Å². The van der Waals surface area contributed by atoms with Gasteiger partial charge in [0.25, 0.3) is 0 Å². The van der Waals surface area contributed by atoms with E-state index in [1.807, 2.05) is 0 Å². The van der Waals surface area contributed by atoms with Gasteiger partial charge in [-0.25, -0.2) is 9.18 Å². The Kier molecular flexibility index (Phi) is 7.45. The van der Waals surface area contributed by atoms with E-state index in [0.717, 1.165) is 6.08 Å². The first-order valence-corrected chi connectivity index (χ1v) is 7.08. The summed E-state index contributed by atoms with van der Waals surface area (Å²) in [6, 6.07) is 4.64. The maximum atomic E-state index is 13.1. The van der Waals surface area contributed by atoms with E-state index in [-0.39, 0.29) is 19.4 Å². The number of carbonyl (C=O) groups is 3. The standard InChI is InChI=1S/C16H19FN2O4/c1-2-23-15(21)8-4-7-13(16(18)22)19-14(20)10-11-5-3-6-12(17)9-11/h3-6,8-9,13H,2,7,10H2,1H3,(H2,18,22)(H,19,20)/b8-4+/t13-/m0/s1. The van der Waals surface area contributed by atoms with Gasteiger partial charge in [0.15, 0.2) is 0 Å². The van der Waals surface area contributed by atoms with Crippen LogP contribution in [0.15, 0.2) is 36.4 Å². The molecule has 1 aromatic carbocycles. The van der Waals surface area contributed by atoms with E-state index < -0.39 is 29.6 Å². The van der Waals surface area contributed by atoms with Crippen molar-refractivity contribution in [1.29, 1.82) is 0 Å². The second-order valence-electron chi connectivity index (χ2n) is 4.72. The van der Waals surface area contributed by atoms with Gasteiger partial charge in [-0.3, -0.25) is 9.59 Å². The lowest BCUT2D eigenvalue weighted by Gasteiger charge is -2.13. The molecule has 3 N–H and O–H groups in total. The summed E-state index contributed by atoms with van der Waals surface area (Å²) in [4.78, 5) is 34.4. The Morgan fingerprint density at radius 2 is 2.13 bits per heavy atom. The molecule has 0 aliphatic heterocycles. The molecule has 1 atom stereocenters. The van der Waals surface area contributed by atoms with Crippen LogP contribution in [0.3, 0.4) is 0 Å². The summed E-state index contributed by atoms with van der Waals surface area (Å²) < 4.78 is 17.7. The molecular formula is C16H19FN2O4. The quantitative estimate of drug-likeness (QED) is 0.547. The normalized spacial score (nSPS) is 11.9. The Labute approximate surface area is 133 Å². The molecule has 0 radical (unpaired) electrons. The third kappa shape index (κ3) is 7.21. The van der Waals surface area contributed by atoms with Gasteiger partial charge in [-0.1, -0.05) is 18.2 Å². The van der Waals surface area contributed by atoms with Crippen LogP contribution in [0, 0.1) is 5.82 Å². The molecule has 0 saturated carbocycles. The average molecular weight is 322 g/mol. The summed E-state index contributed by atoms with van der Waals surface area (Å²) in [6.45, 7) is 1.91. The van der Waals surface area contributed by atoms with Crippen LogP contribution < -0.4 is 11.1 Å². The fraction of sp³-hybridized carbons (Fsp3) is 0.312. The van der Waals surface area contributed by atoms with E-state index in [9.17, 15) is 18.8 Å². The molecule has 0 spiro atoms. The SMILES string of the molecule is CCOC(=O)/C=C/C[C@H](NC(=O)Cc1cccc(F)c1)C(N)=O. The Morgan fingerprint density at radius 3 is 2.74 bits per heavy atom. The highest BCUT2D eigenvalue weighted by Gasteiger charge is 2.17. The van der Waals surface area contributed by atoms with Gasteiger partial charge >= 0.3 is 5.97 Å². The number of rotatable bonds is 8. The number of ether oxygens (including phenoxy) is 1. The molecule has 0 heterocycles. The highest BCUT2D eigenvalue weighted by atomic mass is 19.1. The van der Waals surface area contributed by atoms with Crippen LogP contribution in [0.1, 0.15) is 18.9 Å². The lowest BCUT2D eigenvalue weighted by atomic mass is 10.1. The summed E-state index contributed by atoms with van der Waals surface area (Å²) in [5.74, 6) is -2.18. The van der Waals surface area contributed by atoms with Crippen LogP contribution in [-0.4, -0.2) is 30.4 Å². The average Bonchev–Trinajstić information content (AvgIpc) is 2.46. The number of hydrogen-bond acceptors (Lipinski definition) is 4. The summed E-state index contributed by atoms with van der Waals surface area (Å²) >= 11 is 0. The molecule has 0 aliphatic rings. The van der Waals surface area contributed by atoms with Crippen LogP contribution in [0.4, 0.5) is 4.39 Å². The zero-order valence-electron chi connectivity index (χ0n) is 12.8. The molecule has 23 heavy (non-hydrogen) atoms. The van der Waals surface area contributed by atoms with Crippen LogP contribution in [0.25, 0.3) is 0 Å². The summed E-state index contributed by atoms with van der Waals surface area (Å²) in [5, 5.41) is 2.45. The molecule has 0 aromatic heterocycles. The van der Waals surface area contributed by atoms with Crippen LogP contribution in [0.2, 0.25) is 0 Å². The van der Waals surface area contributed by atoms with Crippen molar-refractivity contribution in [3.63, 3.8) is 0 Å². The molecule has 124 valence electrons. The van der Waals surface area contributed by atoms with Gasteiger partial charge in [0.2, 0.25) is 11.8 Å². The van der Waals surface area contributed by atoms with Crippen molar-refractivity contribution in [3.8, 4) is 0 Å². The number of halogens is 1. The largest absolute Gasteiger partial charge is 0.463 e. The molecule has 0 unspecified atom stereocenters. The van der Waals surface area contributed by atoms with E-state index in [2.05, 4.69) is 5.32 Å². The van der Waals surface area contributed by atoms with Gasteiger partial charge in [0.1, 0.15) is 11.9 Å². The highest BCUT2D eigenvalue weighted by Crippen LogP contribution is 2.05. The van der Waals surface area contributed by atoms with Gasteiger partial charge in [-0.2, -0.15) is 0 Å². The van der Waals surface area contributed by atoms with Gasteiger partial charge in [-0.05, 0) is 31.0 Å². The lowest BCUT2D eigenvalue weighted by molar-refractivity contribution is -0.137. The van der Waals surface area contributed by atoms with Crippen LogP contribution in [0.5, 0.6) is 0 Å². The van der Waals surface area contributed by atoms with Crippen molar-refractivity contribution in [2.24, 2.45) is 5.73 Å². The molecule has 2 amide bonds. The van der Waals surface area contributed by atoms with Crippen molar-refractivity contribution in [3.05, 3.63) is 47.8 Å². The second kappa shape index (κ2) is 9.34. The number of esters is 1. The second-order valence-corrected chi connectivity index (χ2v) is 4.72. The molecule has 1 aromatic rings. The fourth-order valence-electron chi connectivity index (χ4n) is 1.81. The zero-order valence-corrected chi connectivity index (χ0v) is 12.8. The van der Waals surface area contributed by atoms with Crippen molar-refractivity contribution in [1.82, 2.24) is 5.32 Å². The van der Waals surface area contributed by atoms with Crippen LogP contribution in [-0.2, 0) is 25.5 Å². The maximum Gasteiger partial charge on any atom is 0.330 e. The summed E-state index contributed by atoms with van der Waals surface area (Å²) in [5.41, 5.74) is 5.69. The molecule has 0 saturated heterocycles. The number of carbonyl (C=O) groups excluding carboxylic acids is 3. The number of primary amides is 1. The molecule has 7 heteroatoms. The minimum atomic E-state index is -0.957. The number of amides is 2. The third-order valence-electron chi connectivity index (χ3n) is 2.84. The number of benzene rings is 1. The predicted molar refractivity (Wildman–Crippen MR) is 81.6 cm³/mol. The molecule has 0 aliphatic carbocycles. The molecule has 0 fully saturated rings. The molecule has 1 rings (SSSR count). The van der Waals surface area contributed by atoms with Gasteiger partial charge in [-0.15, -0.1) is 0 Å². The van der Waals surface area contributed by atoms with Crippen molar-refractivity contribution >= 4 is 17.8 Å². The van der Waals surface area contributed by atoms with E-state index in [1.54, 1.807) is 13.0 Å². The maximum absolute atomic E-state index is 13.1. The molecule has 6 nitrogen and oxygen atoms in total. The number of nitrogens with one attached hydrogen (secondary N) is 1. The van der Waals surface area contributed by atoms with Gasteiger partial charge < -0.3 is 15.8 Å². The zero-order chi connectivity index (χ0) is 17.2. The Bertz CT molecular complexity index is 601. The van der Waals surface area contributed by atoms with Crippen molar-refractivity contribution in [2.75, 3.05) is 6.61 Å². The van der Waals surface area contributed by atoms with Gasteiger partial charge in [0, 0.05) is 6.08 Å². The summed E-state index contributed by atoms with van der Waals surface area (Å²) in [7, 11) is 0. The van der Waals surface area contributed by atoms with E-state index in [4.69, 9.17) is 10.5 Å². The fourth-order valence-corrected chi connectivity index (χ4v) is 1.81. The van der Waals surface area contributed by atoms with Gasteiger partial charge in [0.05, 0.1) is 13.0 Å². The van der Waals surface area contributed by atoms with Crippen LogP contribution >= 0.6 is 0 Å². The van der Waals surface area contributed by atoms with E-state index in [1.165, 1.54) is 24.3 Å². The third-order valence-corrected chi connectivity index (χ3v) is 2.84. The Balaban J connectivity index is 2.56. The first kappa shape index (κ1) is 18.3.